The molecule has 6 nitrogen and oxygen atoms in total. The van der Waals surface area contributed by atoms with E-state index in [0.29, 0.717) is 17.1 Å². The predicted molar refractivity (Wildman–Crippen MR) is 82.9 cm³/mol. The highest BCUT2D eigenvalue weighted by molar-refractivity contribution is 5.97. The van der Waals surface area contributed by atoms with Gasteiger partial charge in [0.05, 0.1) is 6.54 Å². The van der Waals surface area contributed by atoms with Crippen LogP contribution in [0.3, 0.4) is 0 Å². The van der Waals surface area contributed by atoms with Crippen molar-refractivity contribution in [3.8, 4) is 0 Å². The highest BCUT2D eigenvalue weighted by Gasteiger charge is 2.12. The van der Waals surface area contributed by atoms with Gasteiger partial charge in [-0.15, -0.1) is 0 Å². The maximum atomic E-state index is 12.8. The van der Waals surface area contributed by atoms with Gasteiger partial charge >= 0.3 is 0 Å². The van der Waals surface area contributed by atoms with Crippen LogP contribution in [0.4, 0.5) is 10.2 Å². The van der Waals surface area contributed by atoms with Crippen molar-refractivity contribution in [2.75, 3.05) is 18.9 Å². The van der Waals surface area contributed by atoms with Gasteiger partial charge in [0.1, 0.15) is 11.6 Å². The number of aromatic nitrogens is 1. The zero-order valence-electron chi connectivity index (χ0n) is 12.7. The second kappa shape index (κ2) is 7.35. The molecule has 2 aromatic rings. The van der Waals surface area contributed by atoms with Crippen LogP contribution in [0.5, 0.6) is 0 Å². The molecule has 0 aliphatic carbocycles. The number of benzene rings is 1. The van der Waals surface area contributed by atoms with Gasteiger partial charge in [-0.2, -0.15) is 0 Å². The van der Waals surface area contributed by atoms with Gasteiger partial charge in [-0.1, -0.05) is 17.3 Å². The standard InChI is InChI=1S/C16H16FN3O3/c1-11-9-14(19-23-11)18-15(21)10-20(2)16(22)8-5-12-3-6-13(17)7-4-12/h3-9H,10H2,1-2H3,(H,18,19,21)/b8-5+. The monoisotopic (exact) mass is 317 g/mol. The van der Waals surface area contributed by atoms with Crippen LogP contribution in [0, 0.1) is 12.7 Å². The summed E-state index contributed by atoms with van der Waals surface area (Å²) in [7, 11) is 1.50. The van der Waals surface area contributed by atoms with Crippen LogP contribution < -0.4 is 5.32 Å². The van der Waals surface area contributed by atoms with Crippen molar-refractivity contribution >= 4 is 23.7 Å². The summed E-state index contributed by atoms with van der Waals surface area (Å²) < 4.78 is 17.6. The Morgan fingerprint density at radius 3 is 2.65 bits per heavy atom. The lowest BCUT2D eigenvalue weighted by molar-refractivity contribution is -0.129. The Kier molecular flexibility index (Phi) is 5.24. The van der Waals surface area contributed by atoms with E-state index in [-0.39, 0.29) is 24.2 Å². The lowest BCUT2D eigenvalue weighted by Crippen LogP contribution is -2.33. The van der Waals surface area contributed by atoms with E-state index in [1.165, 1.54) is 30.2 Å². The van der Waals surface area contributed by atoms with E-state index < -0.39 is 0 Å². The number of aryl methyl sites for hydroxylation is 1. The van der Waals surface area contributed by atoms with Crippen molar-refractivity contribution in [3.05, 3.63) is 53.5 Å². The van der Waals surface area contributed by atoms with Gasteiger partial charge in [-0.05, 0) is 30.7 Å². The molecular weight excluding hydrogens is 301 g/mol. The third kappa shape index (κ3) is 5.06. The molecule has 7 heteroatoms. The lowest BCUT2D eigenvalue weighted by Gasteiger charge is -2.13. The number of likely N-dealkylation sites (N-methyl/N-ethyl adjacent to an activating group) is 1. The van der Waals surface area contributed by atoms with E-state index in [1.54, 1.807) is 31.2 Å². The minimum absolute atomic E-state index is 0.126. The number of carbonyl (C=O) groups excluding carboxylic acids is 2. The van der Waals surface area contributed by atoms with E-state index >= 15 is 0 Å². The van der Waals surface area contributed by atoms with Crippen LogP contribution in [0.25, 0.3) is 6.08 Å². The average Bonchev–Trinajstić information content (AvgIpc) is 2.91. The SMILES string of the molecule is Cc1cc(NC(=O)CN(C)C(=O)/C=C/c2ccc(F)cc2)no1. The highest BCUT2D eigenvalue weighted by Crippen LogP contribution is 2.07. The van der Waals surface area contributed by atoms with Gasteiger partial charge in [0.25, 0.3) is 0 Å². The van der Waals surface area contributed by atoms with Gasteiger partial charge in [0, 0.05) is 19.2 Å². The second-order valence-corrected chi connectivity index (χ2v) is 4.95. The van der Waals surface area contributed by atoms with E-state index in [0.717, 1.165) is 0 Å². The summed E-state index contributed by atoms with van der Waals surface area (Å²) in [6, 6.07) is 7.30. The van der Waals surface area contributed by atoms with E-state index in [2.05, 4.69) is 10.5 Å². The fourth-order valence-electron chi connectivity index (χ4n) is 1.77. The summed E-state index contributed by atoms with van der Waals surface area (Å²) in [5, 5.41) is 6.16. The molecule has 0 bridgehead atoms. The first-order valence-corrected chi connectivity index (χ1v) is 6.86. The summed E-state index contributed by atoms with van der Waals surface area (Å²) in [6.45, 7) is 1.58. The summed E-state index contributed by atoms with van der Waals surface area (Å²) in [4.78, 5) is 25.0. The minimum atomic E-state index is -0.385. The number of halogens is 1. The van der Waals surface area contributed by atoms with Crippen molar-refractivity contribution in [2.45, 2.75) is 6.92 Å². The Hall–Kier alpha value is -2.96. The number of nitrogens with zero attached hydrogens (tertiary/aromatic N) is 2. The molecule has 0 spiro atoms. The van der Waals surface area contributed by atoms with Gasteiger partial charge < -0.3 is 14.7 Å². The molecule has 1 heterocycles. The predicted octanol–water partition coefficient (Wildman–Crippen LogP) is 2.23. The molecule has 1 aromatic heterocycles. The Balaban J connectivity index is 1.86. The smallest absolute Gasteiger partial charge is 0.246 e. The van der Waals surface area contributed by atoms with E-state index in [1.807, 2.05) is 0 Å². The number of hydrogen-bond acceptors (Lipinski definition) is 4. The number of amides is 2. The third-order valence-electron chi connectivity index (χ3n) is 2.94. The zero-order chi connectivity index (χ0) is 16.8. The summed E-state index contributed by atoms with van der Waals surface area (Å²) in [5.74, 6) is -0.197. The van der Waals surface area contributed by atoms with Crippen LogP contribution in [-0.4, -0.2) is 35.5 Å². The molecule has 0 unspecified atom stereocenters. The molecule has 1 N–H and O–H groups in total. The fraction of sp³-hybridized carbons (Fsp3) is 0.188. The van der Waals surface area contributed by atoms with Crippen molar-refractivity contribution in [3.63, 3.8) is 0 Å². The highest BCUT2D eigenvalue weighted by atomic mass is 19.1. The molecule has 1 aromatic carbocycles. The molecule has 0 atom stereocenters. The minimum Gasteiger partial charge on any atom is -0.360 e. The quantitative estimate of drug-likeness (QED) is 0.858. The number of rotatable bonds is 5. The number of nitrogens with one attached hydrogen (secondary N) is 1. The number of anilines is 1. The molecule has 23 heavy (non-hydrogen) atoms. The summed E-state index contributed by atoms with van der Waals surface area (Å²) >= 11 is 0. The first-order chi connectivity index (χ1) is 10.9. The van der Waals surface area contributed by atoms with Crippen LogP contribution >= 0.6 is 0 Å². The summed E-state index contributed by atoms with van der Waals surface area (Å²) in [6.07, 6.45) is 2.87. The molecule has 0 saturated carbocycles. The van der Waals surface area contributed by atoms with Gasteiger partial charge in [0.2, 0.25) is 11.8 Å². The molecule has 120 valence electrons. The molecule has 0 radical (unpaired) electrons. The van der Waals surface area contributed by atoms with Crippen molar-refractivity contribution < 1.29 is 18.5 Å². The summed E-state index contributed by atoms with van der Waals surface area (Å²) in [5.41, 5.74) is 0.690. The van der Waals surface area contributed by atoms with Crippen LogP contribution in [0.2, 0.25) is 0 Å². The Labute approximate surface area is 132 Å². The molecular formula is C16H16FN3O3. The Morgan fingerprint density at radius 2 is 2.04 bits per heavy atom. The largest absolute Gasteiger partial charge is 0.360 e. The number of carbonyl (C=O) groups is 2. The van der Waals surface area contributed by atoms with Crippen LogP contribution in [0.15, 0.2) is 40.9 Å². The molecule has 2 amide bonds. The maximum Gasteiger partial charge on any atom is 0.246 e. The first-order valence-electron chi connectivity index (χ1n) is 6.86. The molecule has 0 aliphatic rings. The van der Waals surface area contributed by atoms with Crippen molar-refractivity contribution in [2.24, 2.45) is 0 Å². The fourth-order valence-corrected chi connectivity index (χ4v) is 1.77. The first kappa shape index (κ1) is 16.4. The molecule has 0 saturated heterocycles. The average molecular weight is 317 g/mol. The van der Waals surface area contributed by atoms with E-state index in [9.17, 15) is 14.0 Å². The Morgan fingerprint density at radius 1 is 1.35 bits per heavy atom. The molecule has 0 aliphatic heterocycles. The Bertz CT molecular complexity index is 722. The van der Waals surface area contributed by atoms with Crippen LogP contribution in [-0.2, 0) is 9.59 Å². The second-order valence-electron chi connectivity index (χ2n) is 4.95. The van der Waals surface area contributed by atoms with Gasteiger partial charge in [0.15, 0.2) is 5.82 Å². The number of hydrogen-bond donors (Lipinski definition) is 1. The third-order valence-corrected chi connectivity index (χ3v) is 2.94. The van der Waals surface area contributed by atoms with Gasteiger partial charge in [-0.3, -0.25) is 9.59 Å². The lowest BCUT2D eigenvalue weighted by atomic mass is 10.2. The van der Waals surface area contributed by atoms with Crippen LogP contribution in [0.1, 0.15) is 11.3 Å². The zero-order valence-corrected chi connectivity index (χ0v) is 12.7. The van der Waals surface area contributed by atoms with Gasteiger partial charge in [-0.25, -0.2) is 4.39 Å². The van der Waals surface area contributed by atoms with Crippen molar-refractivity contribution in [1.82, 2.24) is 10.1 Å². The molecule has 0 fully saturated rings. The normalized spacial score (nSPS) is 10.7. The van der Waals surface area contributed by atoms with E-state index in [4.69, 9.17) is 4.52 Å². The van der Waals surface area contributed by atoms with Crippen molar-refractivity contribution in [1.29, 1.82) is 0 Å². The maximum absolute atomic E-state index is 12.8. The topological polar surface area (TPSA) is 75.4 Å². The molecule has 2 rings (SSSR count).